The number of amides is 1. The van der Waals surface area contributed by atoms with Crippen molar-refractivity contribution in [2.45, 2.75) is 12.6 Å². The van der Waals surface area contributed by atoms with E-state index in [-0.39, 0.29) is 5.91 Å². The Kier molecular flexibility index (Phi) is 3.90. The maximum absolute atomic E-state index is 11.4. The number of carbonyl (C=O) groups is 1. The Morgan fingerprint density at radius 2 is 2.00 bits per heavy atom. The Bertz CT molecular complexity index is 467. The Morgan fingerprint density at radius 3 is 2.59 bits per heavy atom. The molecule has 1 heterocycles. The third-order valence-electron chi connectivity index (χ3n) is 2.48. The lowest BCUT2D eigenvalue weighted by Gasteiger charge is -2.15. The van der Waals surface area contributed by atoms with Gasteiger partial charge in [0.25, 0.3) is 0 Å². The Hall–Kier alpha value is -1.65. The molecular weight excluding hydrogens is 232 g/mol. The van der Waals surface area contributed by atoms with Gasteiger partial charge in [0, 0.05) is 11.4 Å². The fourth-order valence-electron chi connectivity index (χ4n) is 1.64. The molecular formula is C13H14N2OS. The SMILES string of the molecule is NC(=O)[C@H](NCc1cccs1)c1ccccc1. The molecule has 1 aromatic carbocycles. The number of hydrogen-bond donors (Lipinski definition) is 2. The molecule has 0 spiro atoms. The normalized spacial score (nSPS) is 12.2. The van der Waals surface area contributed by atoms with Crippen LogP contribution in [0.25, 0.3) is 0 Å². The van der Waals surface area contributed by atoms with Crippen LogP contribution in [-0.2, 0) is 11.3 Å². The van der Waals surface area contributed by atoms with E-state index in [4.69, 9.17) is 5.73 Å². The monoisotopic (exact) mass is 246 g/mol. The van der Waals surface area contributed by atoms with Crippen molar-refractivity contribution in [3.05, 3.63) is 58.3 Å². The molecule has 4 heteroatoms. The maximum atomic E-state index is 11.4. The molecule has 0 saturated carbocycles. The zero-order chi connectivity index (χ0) is 12.1. The van der Waals surface area contributed by atoms with E-state index in [1.54, 1.807) is 11.3 Å². The highest BCUT2D eigenvalue weighted by Crippen LogP contribution is 2.14. The van der Waals surface area contributed by atoms with Gasteiger partial charge in [-0.15, -0.1) is 11.3 Å². The van der Waals surface area contributed by atoms with E-state index in [0.717, 1.165) is 5.56 Å². The van der Waals surface area contributed by atoms with Gasteiger partial charge in [-0.1, -0.05) is 36.4 Å². The van der Waals surface area contributed by atoms with Gasteiger partial charge in [-0.25, -0.2) is 0 Å². The second-order valence-electron chi connectivity index (χ2n) is 3.71. The van der Waals surface area contributed by atoms with Gasteiger partial charge in [-0.2, -0.15) is 0 Å². The quantitative estimate of drug-likeness (QED) is 0.848. The molecule has 0 radical (unpaired) electrons. The van der Waals surface area contributed by atoms with E-state index < -0.39 is 6.04 Å². The first kappa shape index (κ1) is 11.8. The summed E-state index contributed by atoms with van der Waals surface area (Å²) in [6, 6.07) is 13.1. The maximum Gasteiger partial charge on any atom is 0.239 e. The Balaban J connectivity index is 2.06. The van der Waals surface area contributed by atoms with E-state index in [0.29, 0.717) is 6.54 Å². The van der Waals surface area contributed by atoms with Gasteiger partial charge in [0.15, 0.2) is 0 Å². The molecule has 1 atom stereocenters. The number of hydrogen-bond acceptors (Lipinski definition) is 3. The third-order valence-corrected chi connectivity index (χ3v) is 3.35. The lowest BCUT2D eigenvalue weighted by atomic mass is 10.1. The van der Waals surface area contributed by atoms with Crippen LogP contribution in [0.4, 0.5) is 0 Å². The molecule has 0 bridgehead atoms. The summed E-state index contributed by atoms with van der Waals surface area (Å²) >= 11 is 1.66. The van der Waals surface area contributed by atoms with Gasteiger partial charge < -0.3 is 5.73 Å². The minimum atomic E-state index is -0.432. The summed E-state index contributed by atoms with van der Waals surface area (Å²) in [5, 5.41) is 5.19. The Morgan fingerprint density at radius 1 is 1.24 bits per heavy atom. The van der Waals surface area contributed by atoms with Crippen LogP contribution in [0.5, 0.6) is 0 Å². The van der Waals surface area contributed by atoms with E-state index >= 15 is 0 Å². The number of nitrogens with two attached hydrogens (primary N) is 1. The summed E-state index contributed by atoms with van der Waals surface area (Å²) in [6.07, 6.45) is 0. The standard InChI is InChI=1S/C13H14N2OS/c14-13(16)12(10-5-2-1-3-6-10)15-9-11-7-4-8-17-11/h1-8,12,15H,9H2,(H2,14,16)/t12-/m1/s1. The largest absolute Gasteiger partial charge is 0.368 e. The molecule has 3 N–H and O–H groups in total. The molecule has 0 saturated heterocycles. The number of rotatable bonds is 5. The first-order valence-corrected chi connectivity index (χ1v) is 6.25. The Labute approximate surface area is 104 Å². The topological polar surface area (TPSA) is 55.1 Å². The molecule has 0 unspecified atom stereocenters. The average molecular weight is 246 g/mol. The molecule has 0 aliphatic heterocycles. The molecule has 88 valence electrons. The van der Waals surface area contributed by atoms with Gasteiger partial charge in [0.2, 0.25) is 5.91 Å². The van der Waals surface area contributed by atoms with Crippen molar-refractivity contribution in [1.82, 2.24) is 5.32 Å². The van der Waals surface area contributed by atoms with Crippen LogP contribution >= 0.6 is 11.3 Å². The molecule has 2 aromatic rings. The van der Waals surface area contributed by atoms with Crippen molar-refractivity contribution < 1.29 is 4.79 Å². The minimum Gasteiger partial charge on any atom is -0.368 e. The first-order valence-electron chi connectivity index (χ1n) is 5.37. The molecule has 1 aromatic heterocycles. The highest BCUT2D eigenvalue weighted by atomic mass is 32.1. The second kappa shape index (κ2) is 5.61. The van der Waals surface area contributed by atoms with Crippen LogP contribution in [0.3, 0.4) is 0 Å². The van der Waals surface area contributed by atoms with Gasteiger partial charge in [0.05, 0.1) is 0 Å². The predicted octanol–water partition coefficient (Wildman–Crippen LogP) is 2.06. The van der Waals surface area contributed by atoms with Crippen LogP contribution < -0.4 is 11.1 Å². The predicted molar refractivity (Wildman–Crippen MR) is 69.5 cm³/mol. The van der Waals surface area contributed by atoms with Gasteiger partial charge >= 0.3 is 0 Å². The number of benzene rings is 1. The fraction of sp³-hybridized carbons (Fsp3) is 0.154. The molecule has 1 amide bonds. The first-order chi connectivity index (χ1) is 8.27. The summed E-state index contributed by atoms with van der Waals surface area (Å²) in [5.41, 5.74) is 6.31. The average Bonchev–Trinajstić information content (AvgIpc) is 2.83. The highest BCUT2D eigenvalue weighted by Gasteiger charge is 2.16. The molecule has 17 heavy (non-hydrogen) atoms. The zero-order valence-corrected chi connectivity index (χ0v) is 10.1. The zero-order valence-electron chi connectivity index (χ0n) is 9.30. The smallest absolute Gasteiger partial charge is 0.239 e. The van der Waals surface area contributed by atoms with Crippen molar-refractivity contribution in [3.8, 4) is 0 Å². The summed E-state index contributed by atoms with van der Waals surface area (Å²) in [5.74, 6) is -0.354. The van der Waals surface area contributed by atoms with Gasteiger partial charge in [-0.05, 0) is 17.0 Å². The summed E-state index contributed by atoms with van der Waals surface area (Å²) in [4.78, 5) is 12.6. The molecule has 0 fully saturated rings. The number of primary amides is 1. The number of nitrogens with one attached hydrogen (secondary N) is 1. The van der Waals surface area contributed by atoms with Crippen molar-refractivity contribution in [2.24, 2.45) is 5.73 Å². The number of thiophene rings is 1. The lowest BCUT2D eigenvalue weighted by molar-refractivity contribution is -0.120. The summed E-state index contributed by atoms with van der Waals surface area (Å²) in [6.45, 7) is 0.653. The van der Waals surface area contributed by atoms with Gasteiger partial charge in [0.1, 0.15) is 6.04 Å². The van der Waals surface area contributed by atoms with Crippen molar-refractivity contribution >= 4 is 17.2 Å². The molecule has 3 nitrogen and oxygen atoms in total. The van der Waals surface area contributed by atoms with E-state index in [9.17, 15) is 4.79 Å². The molecule has 2 rings (SSSR count). The lowest BCUT2D eigenvalue weighted by Crippen LogP contribution is -2.33. The highest BCUT2D eigenvalue weighted by molar-refractivity contribution is 7.09. The third kappa shape index (κ3) is 3.15. The van der Waals surface area contributed by atoms with Crippen molar-refractivity contribution in [3.63, 3.8) is 0 Å². The van der Waals surface area contributed by atoms with Gasteiger partial charge in [-0.3, -0.25) is 10.1 Å². The fourth-order valence-corrected chi connectivity index (χ4v) is 2.30. The second-order valence-corrected chi connectivity index (χ2v) is 4.74. The van der Waals surface area contributed by atoms with Crippen LogP contribution in [0.2, 0.25) is 0 Å². The van der Waals surface area contributed by atoms with E-state index in [1.165, 1.54) is 4.88 Å². The van der Waals surface area contributed by atoms with Crippen molar-refractivity contribution in [1.29, 1.82) is 0 Å². The summed E-state index contributed by atoms with van der Waals surface area (Å²) < 4.78 is 0. The van der Waals surface area contributed by atoms with E-state index in [2.05, 4.69) is 5.32 Å². The van der Waals surface area contributed by atoms with Crippen molar-refractivity contribution in [2.75, 3.05) is 0 Å². The molecule has 0 aliphatic rings. The van der Waals surface area contributed by atoms with Crippen LogP contribution in [0.1, 0.15) is 16.5 Å². The van der Waals surface area contributed by atoms with Crippen LogP contribution in [0.15, 0.2) is 47.8 Å². The van der Waals surface area contributed by atoms with Crippen LogP contribution in [-0.4, -0.2) is 5.91 Å². The summed E-state index contributed by atoms with van der Waals surface area (Å²) in [7, 11) is 0. The van der Waals surface area contributed by atoms with Crippen LogP contribution in [0, 0.1) is 0 Å². The van der Waals surface area contributed by atoms with E-state index in [1.807, 2.05) is 47.8 Å². The molecule has 0 aliphatic carbocycles. The number of carbonyl (C=O) groups excluding carboxylic acids is 1. The minimum absolute atomic E-state index is 0.354.